The van der Waals surface area contributed by atoms with Gasteiger partial charge in [-0.1, -0.05) is 6.92 Å². The van der Waals surface area contributed by atoms with Crippen molar-refractivity contribution in [1.29, 1.82) is 0 Å². The fraction of sp³-hybridized carbons (Fsp3) is 0.389. The molecule has 0 spiro atoms. The molecule has 0 aliphatic heterocycles. The number of carbonyl (C=O) groups excluding carboxylic acids is 1. The number of rotatable bonds is 7. The smallest absolute Gasteiger partial charge is 0.226 e. The van der Waals surface area contributed by atoms with E-state index in [1.807, 2.05) is 31.2 Å². The van der Waals surface area contributed by atoms with Crippen LogP contribution in [-0.2, 0) is 11.3 Å². The van der Waals surface area contributed by atoms with Crippen molar-refractivity contribution in [1.82, 2.24) is 10.3 Å². The summed E-state index contributed by atoms with van der Waals surface area (Å²) in [7, 11) is 1.65. The molecule has 0 atom stereocenters. The van der Waals surface area contributed by atoms with E-state index in [1.54, 1.807) is 13.3 Å². The van der Waals surface area contributed by atoms with Crippen molar-refractivity contribution in [3.8, 4) is 5.75 Å². The third-order valence-corrected chi connectivity index (χ3v) is 4.47. The van der Waals surface area contributed by atoms with E-state index in [0.29, 0.717) is 18.0 Å². The highest BCUT2D eigenvalue weighted by Crippen LogP contribution is 2.45. The third-order valence-electron chi connectivity index (χ3n) is 4.47. The molecular weight excluding hydrogens is 318 g/mol. The van der Waals surface area contributed by atoms with Crippen LogP contribution in [0.5, 0.6) is 5.75 Å². The number of carbonyl (C=O) groups is 1. The molecule has 1 fully saturated rings. The van der Waals surface area contributed by atoms with Gasteiger partial charge in [0.05, 0.1) is 6.54 Å². The molecule has 1 aliphatic carbocycles. The number of H-pyrrole nitrogens is 1. The third kappa shape index (κ3) is 3.99. The zero-order chi connectivity index (χ0) is 17.9. The van der Waals surface area contributed by atoms with E-state index in [2.05, 4.69) is 20.4 Å². The highest BCUT2D eigenvalue weighted by molar-refractivity contribution is 6.31. The number of hydrogen-bond donors (Lipinski definition) is 3. The van der Waals surface area contributed by atoms with Crippen molar-refractivity contribution in [2.75, 3.05) is 13.7 Å². The predicted octanol–water partition coefficient (Wildman–Crippen LogP) is 1.98. The van der Waals surface area contributed by atoms with Crippen molar-refractivity contribution < 1.29 is 9.53 Å². The van der Waals surface area contributed by atoms with Crippen LogP contribution < -0.4 is 15.9 Å². The summed E-state index contributed by atoms with van der Waals surface area (Å²) in [6.45, 7) is 2.75. The summed E-state index contributed by atoms with van der Waals surface area (Å²) >= 11 is 0. The number of hydrogen-bond acceptors (Lipinski definition) is 5. The maximum atomic E-state index is 12.0. The van der Waals surface area contributed by atoms with Gasteiger partial charge in [-0.25, -0.2) is 0 Å². The van der Waals surface area contributed by atoms with Crippen molar-refractivity contribution in [2.24, 2.45) is 21.4 Å². The highest BCUT2D eigenvalue weighted by atomic mass is 16.5. The second-order valence-electron chi connectivity index (χ2n) is 6.58. The Bertz CT molecular complexity index is 833. The van der Waals surface area contributed by atoms with Crippen LogP contribution in [0.3, 0.4) is 0 Å². The van der Waals surface area contributed by atoms with Gasteiger partial charge in [0, 0.05) is 36.0 Å². The fourth-order valence-electron chi connectivity index (χ4n) is 2.57. The van der Waals surface area contributed by atoms with Gasteiger partial charge in [0.1, 0.15) is 18.1 Å². The Morgan fingerprint density at radius 2 is 2.24 bits per heavy atom. The first-order chi connectivity index (χ1) is 12.0. The summed E-state index contributed by atoms with van der Waals surface area (Å²) in [5.74, 6) is 6.12. The van der Waals surface area contributed by atoms with E-state index in [-0.39, 0.29) is 17.9 Å². The Hall–Kier alpha value is -2.83. The van der Waals surface area contributed by atoms with E-state index < -0.39 is 0 Å². The molecule has 0 saturated heterocycles. The number of benzene rings is 1. The monoisotopic (exact) mass is 341 g/mol. The van der Waals surface area contributed by atoms with Crippen LogP contribution in [0.2, 0.25) is 0 Å². The number of hydrazone groups is 1. The number of fused-ring (bicyclic) bond motifs is 1. The molecule has 132 valence electrons. The zero-order valence-corrected chi connectivity index (χ0v) is 14.5. The van der Waals surface area contributed by atoms with Gasteiger partial charge in [-0.15, -0.1) is 0 Å². The number of aromatic amines is 1. The molecule has 7 heteroatoms. The Labute approximate surface area is 146 Å². The number of nitrogens with zero attached hydrogens (tertiary/aromatic N) is 2. The van der Waals surface area contributed by atoms with Gasteiger partial charge >= 0.3 is 0 Å². The number of amides is 1. The van der Waals surface area contributed by atoms with E-state index >= 15 is 0 Å². The highest BCUT2D eigenvalue weighted by Gasteiger charge is 2.44. The molecule has 1 aliphatic rings. The van der Waals surface area contributed by atoms with Crippen LogP contribution >= 0.6 is 0 Å². The molecule has 1 amide bonds. The van der Waals surface area contributed by atoms with Crippen LogP contribution in [0.15, 0.2) is 34.4 Å². The molecule has 0 bridgehead atoms. The van der Waals surface area contributed by atoms with Crippen LogP contribution in [0.1, 0.15) is 25.5 Å². The summed E-state index contributed by atoms with van der Waals surface area (Å²) < 4.78 is 5.69. The van der Waals surface area contributed by atoms with E-state index in [4.69, 9.17) is 10.6 Å². The van der Waals surface area contributed by atoms with Gasteiger partial charge in [0.15, 0.2) is 0 Å². The number of nitrogens with two attached hydrogens (primary N) is 1. The lowest BCUT2D eigenvalue weighted by molar-refractivity contribution is -0.125. The van der Waals surface area contributed by atoms with Gasteiger partial charge < -0.3 is 20.9 Å². The Balaban J connectivity index is 1.63. The Kier molecular flexibility index (Phi) is 4.74. The lowest BCUT2D eigenvalue weighted by atomic mass is 10.1. The van der Waals surface area contributed by atoms with Crippen LogP contribution in [0.25, 0.3) is 10.9 Å². The SMILES string of the molecule is CN=C/C(COc1ccc2cc(CNC(=O)C3(C)CC3)[nH]c2c1)=N\N. The largest absolute Gasteiger partial charge is 0.487 e. The molecule has 7 nitrogen and oxygen atoms in total. The summed E-state index contributed by atoms with van der Waals surface area (Å²) in [6, 6.07) is 7.81. The zero-order valence-electron chi connectivity index (χ0n) is 14.5. The minimum absolute atomic E-state index is 0.126. The standard InChI is InChI=1S/C18H23N5O2/c1-18(5-6-18)17(24)21-10-13-7-12-3-4-15(8-16(12)22-13)25-11-14(23-19)9-20-2/h3-4,7-9,22H,5-6,10-11,19H2,1-2H3,(H,21,24)/b20-9?,23-14+. The molecule has 2 aromatic rings. The molecule has 0 unspecified atom stereocenters. The maximum absolute atomic E-state index is 12.0. The lowest BCUT2D eigenvalue weighted by Gasteiger charge is -2.08. The lowest BCUT2D eigenvalue weighted by Crippen LogP contribution is -2.29. The predicted molar refractivity (Wildman–Crippen MR) is 99.0 cm³/mol. The molecule has 1 aromatic heterocycles. The minimum Gasteiger partial charge on any atom is -0.487 e. The molecule has 1 heterocycles. The molecular formula is C18H23N5O2. The van der Waals surface area contributed by atoms with Crippen molar-refractivity contribution in [3.63, 3.8) is 0 Å². The number of ether oxygens (including phenoxy) is 1. The van der Waals surface area contributed by atoms with Gasteiger partial charge in [0.25, 0.3) is 0 Å². The molecule has 1 aromatic carbocycles. The first kappa shape index (κ1) is 17.0. The minimum atomic E-state index is -0.156. The fourth-order valence-corrected chi connectivity index (χ4v) is 2.57. The van der Waals surface area contributed by atoms with Gasteiger partial charge in [-0.3, -0.25) is 9.79 Å². The second kappa shape index (κ2) is 6.96. The van der Waals surface area contributed by atoms with E-state index in [0.717, 1.165) is 29.4 Å². The summed E-state index contributed by atoms with van der Waals surface area (Å²) in [5, 5.41) is 7.68. The topological polar surface area (TPSA) is 105 Å². The summed E-state index contributed by atoms with van der Waals surface area (Å²) in [6.07, 6.45) is 3.51. The first-order valence-corrected chi connectivity index (χ1v) is 8.26. The number of nitrogens with one attached hydrogen (secondary N) is 2. The maximum Gasteiger partial charge on any atom is 0.226 e. The first-order valence-electron chi connectivity index (χ1n) is 8.26. The van der Waals surface area contributed by atoms with Gasteiger partial charge in [-0.2, -0.15) is 5.10 Å². The summed E-state index contributed by atoms with van der Waals surface area (Å²) in [5.41, 5.74) is 2.32. The average Bonchev–Trinajstić information content (AvgIpc) is 3.23. The molecule has 4 N–H and O–H groups in total. The number of aromatic nitrogens is 1. The van der Waals surface area contributed by atoms with E-state index in [9.17, 15) is 4.79 Å². The van der Waals surface area contributed by atoms with Crippen LogP contribution in [0, 0.1) is 5.41 Å². The average molecular weight is 341 g/mol. The van der Waals surface area contributed by atoms with Crippen molar-refractivity contribution >= 4 is 28.7 Å². The Morgan fingerprint density at radius 1 is 1.44 bits per heavy atom. The summed E-state index contributed by atoms with van der Waals surface area (Å²) in [4.78, 5) is 19.2. The van der Waals surface area contributed by atoms with Crippen molar-refractivity contribution in [3.05, 3.63) is 30.0 Å². The molecule has 25 heavy (non-hydrogen) atoms. The normalized spacial score (nSPS) is 16.3. The molecule has 3 rings (SSSR count). The second-order valence-corrected chi connectivity index (χ2v) is 6.58. The van der Waals surface area contributed by atoms with Crippen LogP contribution in [-0.4, -0.2) is 36.5 Å². The van der Waals surface area contributed by atoms with E-state index in [1.165, 1.54) is 0 Å². The molecule has 0 radical (unpaired) electrons. The molecule has 1 saturated carbocycles. The van der Waals surface area contributed by atoms with Gasteiger partial charge in [0.2, 0.25) is 5.91 Å². The van der Waals surface area contributed by atoms with Gasteiger partial charge in [-0.05, 0) is 36.4 Å². The quantitative estimate of drug-likeness (QED) is 0.407. The Morgan fingerprint density at radius 3 is 2.92 bits per heavy atom. The number of aliphatic imine (C=N–C) groups is 1. The van der Waals surface area contributed by atoms with Crippen molar-refractivity contribution in [2.45, 2.75) is 26.3 Å². The van der Waals surface area contributed by atoms with Crippen LogP contribution in [0.4, 0.5) is 0 Å².